The number of benzene rings is 1. The molecule has 10 nitrogen and oxygen atoms in total. The minimum atomic E-state index is -0.371. The Labute approximate surface area is 183 Å². The molecule has 164 valence electrons. The maximum atomic E-state index is 15.5. The van der Waals surface area contributed by atoms with Crippen molar-refractivity contribution < 1.29 is 4.39 Å². The average molecular weight is 434 g/mol. The van der Waals surface area contributed by atoms with Crippen molar-refractivity contribution in [2.24, 2.45) is 7.05 Å². The highest BCUT2D eigenvalue weighted by Crippen LogP contribution is 2.32. The topological polar surface area (TPSA) is 116 Å². The lowest BCUT2D eigenvalue weighted by Crippen LogP contribution is -2.43. The van der Waals surface area contributed by atoms with Crippen LogP contribution in [0, 0.1) is 12.7 Å². The summed E-state index contributed by atoms with van der Waals surface area (Å²) in [7, 11) is 1.84. The number of rotatable bonds is 4. The average Bonchev–Trinajstić information content (AvgIpc) is 3.46. The van der Waals surface area contributed by atoms with Crippen molar-refractivity contribution in [3.8, 4) is 28.2 Å². The van der Waals surface area contributed by atoms with Crippen LogP contribution in [-0.4, -0.2) is 61.2 Å². The highest BCUT2D eigenvalue weighted by atomic mass is 19.1. The van der Waals surface area contributed by atoms with Crippen LogP contribution in [-0.2, 0) is 7.05 Å². The number of hydrogen-bond acceptors (Lipinski definition) is 8. The molecule has 1 fully saturated rings. The Balaban J connectivity index is 1.57. The van der Waals surface area contributed by atoms with Crippen molar-refractivity contribution in [2.75, 3.05) is 36.8 Å². The molecule has 3 N–H and O–H groups in total. The van der Waals surface area contributed by atoms with Gasteiger partial charge < -0.3 is 16.0 Å². The number of halogens is 1. The summed E-state index contributed by atoms with van der Waals surface area (Å²) in [5.41, 5.74) is 10.0. The first kappa shape index (κ1) is 20.1. The van der Waals surface area contributed by atoms with Gasteiger partial charge in [0.15, 0.2) is 11.6 Å². The van der Waals surface area contributed by atoms with Crippen molar-refractivity contribution in [1.82, 2.24) is 40.3 Å². The third-order valence-corrected chi connectivity index (χ3v) is 5.69. The number of hydrogen-bond donors (Lipinski definition) is 2. The summed E-state index contributed by atoms with van der Waals surface area (Å²) in [6.07, 6.45) is 5.27. The molecular formula is C21H23FN10. The molecule has 1 aliphatic rings. The van der Waals surface area contributed by atoms with Gasteiger partial charge in [0.1, 0.15) is 11.5 Å². The number of anilines is 2. The van der Waals surface area contributed by atoms with E-state index in [0.29, 0.717) is 17.0 Å². The summed E-state index contributed by atoms with van der Waals surface area (Å²) in [5, 5.41) is 19.5. The second-order valence-electron chi connectivity index (χ2n) is 7.75. The Morgan fingerprint density at radius 1 is 1.09 bits per heavy atom. The lowest BCUT2D eigenvalue weighted by Gasteiger charge is -2.31. The largest absolute Gasteiger partial charge is 0.383 e. The fourth-order valence-electron chi connectivity index (χ4n) is 3.97. The van der Waals surface area contributed by atoms with Gasteiger partial charge in [0.05, 0.1) is 11.8 Å². The first-order valence-corrected chi connectivity index (χ1v) is 10.3. The third kappa shape index (κ3) is 3.46. The van der Waals surface area contributed by atoms with E-state index in [2.05, 4.69) is 35.8 Å². The van der Waals surface area contributed by atoms with Gasteiger partial charge in [-0.15, -0.1) is 5.10 Å². The Hall–Kier alpha value is -3.86. The highest BCUT2D eigenvalue weighted by Gasteiger charge is 2.22. The van der Waals surface area contributed by atoms with Crippen LogP contribution in [0.2, 0.25) is 0 Å². The quantitative estimate of drug-likeness (QED) is 0.497. The van der Waals surface area contributed by atoms with E-state index in [1.807, 2.05) is 25.4 Å². The van der Waals surface area contributed by atoms with E-state index in [1.54, 1.807) is 30.1 Å². The summed E-state index contributed by atoms with van der Waals surface area (Å²) < 4.78 is 18.6. The molecule has 1 saturated heterocycles. The normalized spacial score (nSPS) is 14.2. The minimum Gasteiger partial charge on any atom is -0.383 e. The second kappa shape index (κ2) is 8.00. The fraction of sp³-hybridized carbons (Fsp3) is 0.286. The predicted octanol–water partition coefficient (Wildman–Crippen LogP) is 1.56. The zero-order valence-corrected chi connectivity index (χ0v) is 17.8. The van der Waals surface area contributed by atoms with Crippen molar-refractivity contribution in [3.05, 3.63) is 48.2 Å². The Morgan fingerprint density at radius 3 is 2.62 bits per heavy atom. The summed E-state index contributed by atoms with van der Waals surface area (Å²) in [4.78, 5) is 6.48. The lowest BCUT2D eigenvalue weighted by atomic mass is 10.1. The van der Waals surface area contributed by atoms with E-state index in [-0.39, 0.29) is 17.3 Å². The van der Waals surface area contributed by atoms with Crippen LogP contribution in [0.25, 0.3) is 28.2 Å². The first-order chi connectivity index (χ1) is 15.5. The van der Waals surface area contributed by atoms with Crippen LogP contribution in [0.1, 0.15) is 5.56 Å². The summed E-state index contributed by atoms with van der Waals surface area (Å²) in [6.45, 7) is 5.19. The van der Waals surface area contributed by atoms with Crippen molar-refractivity contribution in [3.63, 3.8) is 0 Å². The van der Waals surface area contributed by atoms with Crippen molar-refractivity contribution >= 4 is 11.5 Å². The highest BCUT2D eigenvalue weighted by molar-refractivity contribution is 5.76. The molecule has 1 aromatic carbocycles. The maximum Gasteiger partial charge on any atom is 0.190 e. The fourth-order valence-corrected chi connectivity index (χ4v) is 3.97. The zero-order valence-electron chi connectivity index (χ0n) is 17.8. The smallest absolute Gasteiger partial charge is 0.190 e. The van der Waals surface area contributed by atoms with Gasteiger partial charge in [-0.2, -0.15) is 9.78 Å². The molecule has 0 bridgehead atoms. The molecule has 4 heterocycles. The van der Waals surface area contributed by atoms with E-state index in [9.17, 15) is 0 Å². The number of tetrazole rings is 1. The molecule has 0 amide bonds. The van der Waals surface area contributed by atoms with Crippen LogP contribution < -0.4 is 16.0 Å². The Morgan fingerprint density at radius 2 is 1.88 bits per heavy atom. The lowest BCUT2D eigenvalue weighted by molar-refractivity contribution is 0.577. The number of aromatic nitrogens is 7. The number of pyridine rings is 1. The molecule has 0 saturated carbocycles. The molecule has 0 spiro atoms. The van der Waals surface area contributed by atoms with Gasteiger partial charge in [-0.3, -0.25) is 4.68 Å². The molecule has 5 rings (SSSR count). The molecule has 0 unspecified atom stereocenters. The van der Waals surface area contributed by atoms with Crippen molar-refractivity contribution in [1.29, 1.82) is 0 Å². The number of nitrogens with one attached hydrogen (secondary N) is 1. The van der Waals surface area contributed by atoms with Gasteiger partial charge in [-0.25, -0.2) is 9.37 Å². The van der Waals surface area contributed by atoms with E-state index in [0.717, 1.165) is 43.0 Å². The number of nitrogens with two attached hydrogens (primary N) is 1. The van der Waals surface area contributed by atoms with Crippen LogP contribution in [0.3, 0.4) is 0 Å². The second-order valence-corrected chi connectivity index (χ2v) is 7.75. The molecule has 32 heavy (non-hydrogen) atoms. The van der Waals surface area contributed by atoms with Gasteiger partial charge in [0.25, 0.3) is 0 Å². The van der Waals surface area contributed by atoms with Gasteiger partial charge in [-0.1, -0.05) is 0 Å². The SMILES string of the molecule is Cc1c(N2CCNCC2)ccc(-n2nnnc2-c2cc(-c3cnn(C)c3)cnc2N)c1F. The number of nitrogens with zero attached hydrogens (tertiary/aromatic N) is 8. The third-order valence-electron chi connectivity index (χ3n) is 5.69. The zero-order chi connectivity index (χ0) is 22.2. The summed E-state index contributed by atoms with van der Waals surface area (Å²) >= 11 is 0. The molecular weight excluding hydrogens is 411 g/mol. The molecule has 11 heteroatoms. The van der Waals surface area contributed by atoms with Gasteiger partial charge >= 0.3 is 0 Å². The number of aryl methyl sites for hydroxylation is 1. The van der Waals surface area contributed by atoms with Crippen LogP contribution in [0.15, 0.2) is 36.8 Å². The van der Waals surface area contributed by atoms with E-state index < -0.39 is 0 Å². The van der Waals surface area contributed by atoms with Crippen LogP contribution in [0.4, 0.5) is 15.9 Å². The van der Waals surface area contributed by atoms with Gasteiger partial charge in [0, 0.05) is 68.0 Å². The Bertz CT molecular complexity index is 1270. The summed E-state index contributed by atoms with van der Waals surface area (Å²) in [6, 6.07) is 5.45. The standard InChI is InChI=1S/C21H23FN10/c1-13-17(31-7-5-24-6-8-31)3-4-18(19(13)22)32-21(27-28-29-32)16-9-14(10-25-20(16)23)15-11-26-30(2)12-15/h3-4,9-12,24H,5-8H2,1-2H3,(H2,23,25). The molecule has 0 atom stereocenters. The van der Waals surface area contributed by atoms with E-state index in [1.165, 1.54) is 4.68 Å². The summed E-state index contributed by atoms with van der Waals surface area (Å²) in [5.74, 6) is 0.196. The molecule has 1 aliphatic heterocycles. The molecule has 3 aromatic heterocycles. The maximum absolute atomic E-state index is 15.5. The van der Waals surface area contributed by atoms with Gasteiger partial charge in [-0.05, 0) is 35.5 Å². The molecule has 0 radical (unpaired) electrons. The number of nitrogen functional groups attached to an aromatic ring is 1. The minimum absolute atomic E-state index is 0.253. The Kier molecular flexibility index (Phi) is 5.02. The van der Waals surface area contributed by atoms with Crippen molar-refractivity contribution in [2.45, 2.75) is 6.92 Å². The van der Waals surface area contributed by atoms with E-state index >= 15 is 4.39 Å². The van der Waals surface area contributed by atoms with Crippen LogP contribution >= 0.6 is 0 Å². The molecule has 0 aliphatic carbocycles. The molecule has 4 aromatic rings. The van der Waals surface area contributed by atoms with E-state index in [4.69, 9.17) is 5.73 Å². The van der Waals surface area contributed by atoms with Crippen LogP contribution in [0.5, 0.6) is 0 Å². The monoisotopic (exact) mass is 434 g/mol. The van der Waals surface area contributed by atoms with Gasteiger partial charge in [0.2, 0.25) is 0 Å². The first-order valence-electron chi connectivity index (χ1n) is 10.3. The number of piperazine rings is 1. The predicted molar refractivity (Wildman–Crippen MR) is 119 cm³/mol.